The van der Waals surface area contributed by atoms with E-state index in [9.17, 15) is 9.90 Å². The number of benzene rings is 1. The summed E-state index contributed by atoms with van der Waals surface area (Å²) in [7, 11) is 0. The van der Waals surface area contributed by atoms with E-state index >= 15 is 0 Å². The van der Waals surface area contributed by atoms with E-state index < -0.39 is 5.60 Å². The highest BCUT2D eigenvalue weighted by molar-refractivity contribution is 7.13. The number of thiazole rings is 1. The molecule has 27 heavy (non-hydrogen) atoms. The molecule has 0 radical (unpaired) electrons. The molecule has 0 aliphatic heterocycles. The summed E-state index contributed by atoms with van der Waals surface area (Å²) in [5.41, 5.74) is 0.200. The molecule has 0 saturated carbocycles. The standard InChI is InChI=1S/C20H16N2O4S/c23-18(16-12-27-19(22-16)14-5-2-1-3-6-14)21-13-20(24,15-8-10-25-11-15)17-7-4-9-26-17/h1-12,24H,13H2,(H,21,23)/t20-/m1/s1. The molecule has 3 heterocycles. The van der Waals surface area contributed by atoms with Crippen LogP contribution in [-0.2, 0) is 5.60 Å². The molecular formula is C20H16N2O4S. The zero-order valence-corrected chi connectivity index (χ0v) is 15.0. The average molecular weight is 380 g/mol. The third-order valence-electron chi connectivity index (χ3n) is 4.19. The zero-order chi connectivity index (χ0) is 18.7. The fourth-order valence-electron chi connectivity index (χ4n) is 2.74. The number of nitrogens with one attached hydrogen (secondary N) is 1. The Hall–Kier alpha value is -3.16. The van der Waals surface area contributed by atoms with Crippen molar-refractivity contribution in [3.8, 4) is 10.6 Å². The minimum Gasteiger partial charge on any atom is -0.472 e. The van der Waals surface area contributed by atoms with Crippen molar-refractivity contribution in [1.82, 2.24) is 10.3 Å². The summed E-state index contributed by atoms with van der Waals surface area (Å²) in [5.74, 6) is -0.0608. The number of aliphatic hydroxyl groups is 1. The fraction of sp³-hybridized carbons (Fsp3) is 0.100. The molecule has 0 fully saturated rings. The second-order valence-electron chi connectivity index (χ2n) is 5.94. The molecule has 1 aromatic carbocycles. The highest BCUT2D eigenvalue weighted by atomic mass is 32.1. The van der Waals surface area contributed by atoms with E-state index in [0.29, 0.717) is 17.0 Å². The number of amides is 1. The molecule has 0 spiro atoms. The lowest BCUT2D eigenvalue weighted by Crippen LogP contribution is -2.41. The molecule has 4 rings (SSSR count). The summed E-state index contributed by atoms with van der Waals surface area (Å²) >= 11 is 1.39. The van der Waals surface area contributed by atoms with Gasteiger partial charge in [-0.05, 0) is 18.2 Å². The molecule has 0 unspecified atom stereocenters. The van der Waals surface area contributed by atoms with Gasteiger partial charge in [0.15, 0.2) is 5.60 Å². The molecule has 6 nitrogen and oxygen atoms in total. The predicted octanol–water partition coefficient (Wildman–Crippen LogP) is 3.66. The average Bonchev–Trinajstić information content (AvgIpc) is 3.48. The van der Waals surface area contributed by atoms with Crippen LogP contribution in [0.2, 0.25) is 0 Å². The van der Waals surface area contributed by atoms with Gasteiger partial charge in [-0.3, -0.25) is 4.79 Å². The van der Waals surface area contributed by atoms with Crippen molar-refractivity contribution in [3.05, 3.63) is 89.7 Å². The van der Waals surface area contributed by atoms with Crippen molar-refractivity contribution in [3.63, 3.8) is 0 Å². The number of furan rings is 2. The summed E-state index contributed by atoms with van der Waals surface area (Å²) in [6, 6.07) is 14.6. The van der Waals surface area contributed by atoms with E-state index in [4.69, 9.17) is 8.83 Å². The van der Waals surface area contributed by atoms with Crippen LogP contribution in [0.1, 0.15) is 21.8 Å². The SMILES string of the molecule is O=C(NC[C@@](O)(c1ccoc1)c1ccco1)c1csc(-c2ccccc2)n1. The molecule has 0 bridgehead atoms. The van der Waals surface area contributed by atoms with Crippen molar-refractivity contribution in [2.24, 2.45) is 0 Å². The van der Waals surface area contributed by atoms with Gasteiger partial charge in [0.1, 0.15) is 16.5 Å². The lowest BCUT2D eigenvalue weighted by atomic mass is 9.93. The Balaban J connectivity index is 1.52. The summed E-state index contributed by atoms with van der Waals surface area (Å²) < 4.78 is 10.4. The van der Waals surface area contributed by atoms with Gasteiger partial charge in [0.05, 0.1) is 25.3 Å². The van der Waals surface area contributed by atoms with E-state index in [1.54, 1.807) is 23.6 Å². The van der Waals surface area contributed by atoms with Gasteiger partial charge in [-0.1, -0.05) is 30.3 Å². The first-order chi connectivity index (χ1) is 13.2. The minimum atomic E-state index is -1.54. The van der Waals surface area contributed by atoms with Crippen LogP contribution in [-0.4, -0.2) is 22.5 Å². The maximum absolute atomic E-state index is 12.5. The number of nitrogens with zero attached hydrogens (tertiary/aromatic N) is 1. The maximum atomic E-state index is 12.5. The van der Waals surface area contributed by atoms with Crippen LogP contribution in [0.3, 0.4) is 0 Å². The molecule has 0 aliphatic rings. The van der Waals surface area contributed by atoms with Gasteiger partial charge in [0.2, 0.25) is 0 Å². The van der Waals surface area contributed by atoms with Crippen molar-refractivity contribution in [2.45, 2.75) is 5.60 Å². The van der Waals surface area contributed by atoms with Crippen LogP contribution in [0.25, 0.3) is 10.6 Å². The molecule has 7 heteroatoms. The highest BCUT2D eigenvalue weighted by Gasteiger charge is 2.36. The second kappa shape index (κ2) is 7.22. The summed E-state index contributed by atoms with van der Waals surface area (Å²) in [5, 5.41) is 16.3. The Morgan fingerprint density at radius 2 is 2.00 bits per heavy atom. The molecule has 0 saturated heterocycles. The number of hydrogen-bond acceptors (Lipinski definition) is 6. The summed E-state index contributed by atoms with van der Waals surface area (Å²) in [6.45, 7) is -0.0862. The van der Waals surface area contributed by atoms with Gasteiger partial charge in [-0.25, -0.2) is 4.98 Å². The van der Waals surface area contributed by atoms with Crippen LogP contribution in [0.5, 0.6) is 0 Å². The van der Waals surface area contributed by atoms with E-state index in [1.807, 2.05) is 30.3 Å². The highest BCUT2D eigenvalue weighted by Crippen LogP contribution is 2.30. The Morgan fingerprint density at radius 3 is 2.70 bits per heavy atom. The van der Waals surface area contributed by atoms with Crippen molar-refractivity contribution in [1.29, 1.82) is 0 Å². The Labute approximate surface area is 159 Å². The topological polar surface area (TPSA) is 88.5 Å². The quantitative estimate of drug-likeness (QED) is 0.533. The van der Waals surface area contributed by atoms with Crippen molar-refractivity contribution >= 4 is 17.2 Å². The van der Waals surface area contributed by atoms with Crippen LogP contribution in [0, 0.1) is 0 Å². The lowest BCUT2D eigenvalue weighted by molar-refractivity contribution is 0.0519. The molecule has 1 amide bonds. The van der Waals surface area contributed by atoms with Gasteiger partial charge < -0.3 is 19.3 Å². The Morgan fingerprint density at radius 1 is 1.15 bits per heavy atom. The largest absolute Gasteiger partial charge is 0.472 e. The van der Waals surface area contributed by atoms with Gasteiger partial charge in [-0.15, -0.1) is 11.3 Å². The first kappa shape index (κ1) is 17.3. The monoisotopic (exact) mass is 380 g/mol. The molecule has 0 aliphatic carbocycles. The lowest BCUT2D eigenvalue weighted by Gasteiger charge is -2.25. The van der Waals surface area contributed by atoms with Crippen LogP contribution in [0.4, 0.5) is 0 Å². The summed E-state index contributed by atoms with van der Waals surface area (Å²) in [4.78, 5) is 16.9. The number of aromatic nitrogens is 1. The maximum Gasteiger partial charge on any atom is 0.270 e. The number of carbonyl (C=O) groups is 1. The normalized spacial score (nSPS) is 13.2. The first-order valence-electron chi connectivity index (χ1n) is 8.25. The van der Waals surface area contributed by atoms with Crippen molar-refractivity contribution < 1.29 is 18.7 Å². The van der Waals surface area contributed by atoms with E-state index in [0.717, 1.165) is 10.6 Å². The smallest absolute Gasteiger partial charge is 0.270 e. The van der Waals surface area contributed by atoms with Crippen LogP contribution >= 0.6 is 11.3 Å². The van der Waals surface area contributed by atoms with Gasteiger partial charge >= 0.3 is 0 Å². The van der Waals surface area contributed by atoms with Crippen LogP contribution in [0.15, 0.2) is 81.5 Å². The van der Waals surface area contributed by atoms with E-state index in [-0.39, 0.29) is 12.5 Å². The third-order valence-corrected chi connectivity index (χ3v) is 5.08. The molecule has 4 aromatic rings. The van der Waals surface area contributed by atoms with Crippen molar-refractivity contribution in [2.75, 3.05) is 6.54 Å². The Kier molecular flexibility index (Phi) is 4.62. The van der Waals surface area contributed by atoms with Gasteiger partial charge in [0.25, 0.3) is 5.91 Å². The molecular weight excluding hydrogens is 364 g/mol. The van der Waals surface area contributed by atoms with E-state index in [1.165, 1.54) is 30.1 Å². The fourth-order valence-corrected chi connectivity index (χ4v) is 3.54. The molecule has 3 aromatic heterocycles. The third kappa shape index (κ3) is 3.42. The molecule has 1 atom stereocenters. The predicted molar refractivity (Wildman–Crippen MR) is 100 cm³/mol. The minimum absolute atomic E-state index is 0.0862. The molecule has 136 valence electrons. The second-order valence-corrected chi connectivity index (χ2v) is 6.79. The number of hydrogen-bond donors (Lipinski definition) is 2. The summed E-state index contributed by atoms with van der Waals surface area (Å²) in [6.07, 6.45) is 4.34. The number of carbonyl (C=O) groups excluding carboxylic acids is 1. The first-order valence-corrected chi connectivity index (χ1v) is 9.13. The zero-order valence-electron chi connectivity index (χ0n) is 14.2. The van der Waals surface area contributed by atoms with Crippen LogP contribution < -0.4 is 5.32 Å². The van der Waals surface area contributed by atoms with E-state index in [2.05, 4.69) is 10.3 Å². The number of rotatable bonds is 6. The molecule has 2 N–H and O–H groups in total. The Bertz CT molecular complexity index is 973. The van der Waals surface area contributed by atoms with Gasteiger partial charge in [-0.2, -0.15) is 0 Å². The van der Waals surface area contributed by atoms with Gasteiger partial charge in [0, 0.05) is 16.5 Å².